The van der Waals surface area contributed by atoms with Crippen molar-refractivity contribution in [2.75, 3.05) is 33.3 Å². The van der Waals surface area contributed by atoms with E-state index in [1.807, 2.05) is 18.2 Å². The zero-order valence-electron chi connectivity index (χ0n) is 11.8. The van der Waals surface area contributed by atoms with E-state index in [1.54, 1.807) is 7.11 Å². The van der Waals surface area contributed by atoms with E-state index in [4.69, 9.17) is 21.6 Å². The Balaban J connectivity index is 0.00000200. The molecule has 1 aliphatic heterocycles. The van der Waals surface area contributed by atoms with Gasteiger partial charge in [-0.25, -0.2) is 0 Å². The van der Waals surface area contributed by atoms with E-state index in [-0.39, 0.29) is 30.9 Å². The molecule has 1 N–H and O–H groups in total. The first kappa shape index (κ1) is 20.3. The zero-order valence-corrected chi connectivity index (χ0v) is 14.2. The van der Waals surface area contributed by atoms with Crippen LogP contribution >= 0.6 is 36.4 Å². The minimum Gasteiger partial charge on any atom is -0.495 e. The van der Waals surface area contributed by atoms with Gasteiger partial charge in [0.25, 0.3) is 0 Å². The first-order chi connectivity index (χ1) is 9.26. The van der Waals surface area contributed by atoms with Gasteiger partial charge in [0.15, 0.2) is 0 Å². The Labute approximate surface area is 143 Å². The summed E-state index contributed by atoms with van der Waals surface area (Å²) in [6.45, 7) is 3.84. The summed E-state index contributed by atoms with van der Waals surface area (Å²) in [6.07, 6.45) is 0.477. The molecular weight excluding hydrogens is 333 g/mol. The Morgan fingerprint density at radius 1 is 1.38 bits per heavy atom. The third kappa shape index (κ3) is 5.21. The lowest BCUT2D eigenvalue weighted by Crippen LogP contribution is -2.45. The highest BCUT2D eigenvalue weighted by Gasteiger charge is 2.22. The van der Waals surface area contributed by atoms with Crippen molar-refractivity contribution in [1.82, 2.24) is 10.2 Å². The largest absolute Gasteiger partial charge is 0.495 e. The van der Waals surface area contributed by atoms with Crippen molar-refractivity contribution < 1.29 is 4.74 Å². The van der Waals surface area contributed by atoms with Crippen molar-refractivity contribution in [3.05, 3.63) is 28.8 Å². The second kappa shape index (κ2) is 10.1. The molecule has 0 radical (unpaired) electrons. The van der Waals surface area contributed by atoms with Gasteiger partial charge in [-0.15, -0.1) is 24.8 Å². The van der Waals surface area contributed by atoms with Crippen LogP contribution in [0.1, 0.15) is 18.0 Å². The van der Waals surface area contributed by atoms with E-state index in [0.29, 0.717) is 17.2 Å². The van der Waals surface area contributed by atoms with E-state index in [2.05, 4.69) is 16.3 Å². The van der Waals surface area contributed by atoms with Gasteiger partial charge in [0, 0.05) is 32.2 Å². The topological polar surface area (TPSA) is 48.3 Å². The minimum atomic E-state index is 0. The van der Waals surface area contributed by atoms with Gasteiger partial charge in [-0.05, 0) is 17.7 Å². The van der Waals surface area contributed by atoms with Crippen molar-refractivity contribution >= 4 is 36.4 Å². The van der Waals surface area contributed by atoms with E-state index in [1.165, 1.54) is 0 Å². The van der Waals surface area contributed by atoms with E-state index in [0.717, 1.165) is 31.7 Å². The van der Waals surface area contributed by atoms with Gasteiger partial charge < -0.3 is 10.1 Å². The number of nitrogens with one attached hydrogen (secondary N) is 1. The van der Waals surface area contributed by atoms with Gasteiger partial charge in [-0.3, -0.25) is 4.90 Å². The molecule has 1 fully saturated rings. The van der Waals surface area contributed by atoms with Crippen LogP contribution in [-0.2, 0) is 0 Å². The summed E-state index contributed by atoms with van der Waals surface area (Å²) in [6, 6.07) is 8.14. The fourth-order valence-electron chi connectivity index (χ4n) is 2.42. The average molecular weight is 353 g/mol. The first-order valence-corrected chi connectivity index (χ1v) is 6.79. The number of hydrogen-bond donors (Lipinski definition) is 1. The number of hydrogen-bond acceptors (Lipinski definition) is 4. The molecule has 4 nitrogen and oxygen atoms in total. The highest BCUT2D eigenvalue weighted by atomic mass is 35.5. The normalized spacial score (nSPS) is 16.0. The van der Waals surface area contributed by atoms with Gasteiger partial charge in [0.1, 0.15) is 5.75 Å². The molecule has 1 saturated heterocycles. The van der Waals surface area contributed by atoms with Gasteiger partial charge in [-0.2, -0.15) is 5.26 Å². The molecule has 1 heterocycles. The van der Waals surface area contributed by atoms with Crippen LogP contribution in [-0.4, -0.2) is 38.2 Å². The molecule has 0 bridgehead atoms. The number of methoxy groups -OCH3 is 1. The van der Waals surface area contributed by atoms with Gasteiger partial charge in [0.05, 0.1) is 24.6 Å². The number of benzene rings is 1. The van der Waals surface area contributed by atoms with Crippen molar-refractivity contribution in [1.29, 1.82) is 5.26 Å². The molecule has 118 valence electrons. The summed E-state index contributed by atoms with van der Waals surface area (Å²) in [7, 11) is 1.61. The standard InChI is InChI=1S/C14H18ClN3O.2ClH/c1-19-14-10-11(2-3-12(14)15)13(4-5-16)18-8-6-17-7-9-18;;/h2-3,10,13,17H,4,6-9H2,1H3;2*1H/t13-;;/m0../s1. The maximum absolute atomic E-state index is 9.06. The van der Waals surface area contributed by atoms with Gasteiger partial charge in [0.2, 0.25) is 0 Å². The molecule has 1 atom stereocenters. The van der Waals surface area contributed by atoms with Crippen molar-refractivity contribution in [3.8, 4) is 11.8 Å². The second-order valence-electron chi connectivity index (χ2n) is 4.56. The van der Waals surface area contributed by atoms with E-state index < -0.39 is 0 Å². The maximum atomic E-state index is 9.06. The van der Waals surface area contributed by atoms with Gasteiger partial charge in [-0.1, -0.05) is 17.7 Å². The van der Waals surface area contributed by atoms with Crippen molar-refractivity contribution in [3.63, 3.8) is 0 Å². The zero-order chi connectivity index (χ0) is 13.7. The highest BCUT2D eigenvalue weighted by Crippen LogP contribution is 2.31. The Morgan fingerprint density at radius 3 is 2.62 bits per heavy atom. The lowest BCUT2D eigenvalue weighted by Gasteiger charge is -2.34. The maximum Gasteiger partial charge on any atom is 0.137 e. The molecular formula is C14H20Cl3N3O. The molecule has 7 heteroatoms. The average Bonchev–Trinajstić information content (AvgIpc) is 2.46. The quantitative estimate of drug-likeness (QED) is 0.905. The number of rotatable bonds is 4. The van der Waals surface area contributed by atoms with Gasteiger partial charge >= 0.3 is 0 Å². The van der Waals surface area contributed by atoms with Crippen molar-refractivity contribution in [2.45, 2.75) is 12.5 Å². The monoisotopic (exact) mass is 351 g/mol. The molecule has 0 saturated carbocycles. The lowest BCUT2D eigenvalue weighted by atomic mass is 10.0. The van der Waals surface area contributed by atoms with Crippen molar-refractivity contribution in [2.24, 2.45) is 0 Å². The van der Waals surface area contributed by atoms with Crippen LogP contribution in [0, 0.1) is 11.3 Å². The number of nitrogens with zero attached hydrogens (tertiary/aromatic N) is 2. The molecule has 21 heavy (non-hydrogen) atoms. The summed E-state index contributed by atoms with van der Waals surface area (Å²) in [4.78, 5) is 2.34. The number of nitriles is 1. The Kier molecular flexibility index (Phi) is 9.76. The summed E-state index contributed by atoms with van der Waals surface area (Å²) in [5, 5.41) is 13.0. The third-order valence-electron chi connectivity index (χ3n) is 3.44. The summed E-state index contributed by atoms with van der Waals surface area (Å²) in [5.41, 5.74) is 1.09. The highest BCUT2D eigenvalue weighted by molar-refractivity contribution is 6.32. The predicted molar refractivity (Wildman–Crippen MR) is 89.9 cm³/mol. The summed E-state index contributed by atoms with van der Waals surface area (Å²) < 4.78 is 5.26. The molecule has 2 rings (SSSR count). The number of piperazine rings is 1. The molecule has 0 aliphatic carbocycles. The fourth-order valence-corrected chi connectivity index (χ4v) is 2.62. The molecule has 0 unspecified atom stereocenters. The number of halogens is 3. The van der Waals surface area contributed by atoms with Crippen LogP contribution in [0.15, 0.2) is 18.2 Å². The summed E-state index contributed by atoms with van der Waals surface area (Å²) >= 11 is 6.05. The van der Waals surface area contributed by atoms with Crippen LogP contribution in [0.25, 0.3) is 0 Å². The summed E-state index contributed by atoms with van der Waals surface area (Å²) in [5.74, 6) is 0.664. The Hall–Kier alpha value is -0.700. The van der Waals surface area contributed by atoms with Crippen LogP contribution in [0.3, 0.4) is 0 Å². The first-order valence-electron chi connectivity index (χ1n) is 6.41. The molecule has 1 aromatic carbocycles. The molecule has 0 spiro atoms. The Morgan fingerprint density at radius 2 is 2.05 bits per heavy atom. The predicted octanol–water partition coefficient (Wildman–Crippen LogP) is 3.05. The molecule has 1 aromatic rings. The SMILES string of the molecule is COc1cc([C@H](CC#N)N2CCNCC2)ccc1Cl.Cl.Cl. The smallest absolute Gasteiger partial charge is 0.137 e. The fraction of sp³-hybridized carbons (Fsp3) is 0.500. The van der Waals surface area contributed by atoms with E-state index in [9.17, 15) is 0 Å². The third-order valence-corrected chi connectivity index (χ3v) is 3.75. The number of ether oxygens (including phenoxy) is 1. The van der Waals surface area contributed by atoms with Crippen LogP contribution in [0.4, 0.5) is 0 Å². The van der Waals surface area contributed by atoms with Crippen LogP contribution in [0.5, 0.6) is 5.75 Å². The molecule has 1 aliphatic rings. The molecule has 0 aromatic heterocycles. The second-order valence-corrected chi connectivity index (χ2v) is 4.97. The van der Waals surface area contributed by atoms with Crippen LogP contribution < -0.4 is 10.1 Å². The molecule has 0 amide bonds. The minimum absolute atomic E-state index is 0. The van der Waals surface area contributed by atoms with Crippen LogP contribution in [0.2, 0.25) is 5.02 Å². The van der Waals surface area contributed by atoms with E-state index >= 15 is 0 Å². The lowest BCUT2D eigenvalue weighted by molar-refractivity contribution is 0.175. The Bertz CT molecular complexity index is 473.